The fourth-order valence-corrected chi connectivity index (χ4v) is 11.5. The zero-order chi connectivity index (χ0) is 57.8. The van der Waals surface area contributed by atoms with Crippen molar-refractivity contribution in [3.63, 3.8) is 0 Å². The second-order valence-electron chi connectivity index (χ2n) is 25.2. The Kier molecular flexibility index (Phi) is 68.0. The Bertz CT molecular complexity index is 1250. The molecule has 6 nitrogen and oxygen atoms in total. The van der Waals surface area contributed by atoms with E-state index in [2.05, 4.69) is 32.9 Å². The van der Waals surface area contributed by atoms with Crippen LogP contribution in [0.15, 0.2) is 12.2 Å². The van der Waals surface area contributed by atoms with E-state index in [4.69, 9.17) is 14.2 Å². The van der Waals surface area contributed by atoms with Crippen LogP contribution in [-0.4, -0.2) is 37.2 Å². The molecule has 1 atom stereocenters. The summed E-state index contributed by atoms with van der Waals surface area (Å²) in [6, 6.07) is 0. The quantitative estimate of drug-likeness (QED) is 0.0261. The monoisotopic (exact) mass is 1130 g/mol. The van der Waals surface area contributed by atoms with Gasteiger partial charge in [0.25, 0.3) is 0 Å². The molecule has 0 spiro atoms. The molecule has 0 amide bonds. The summed E-state index contributed by atoms with van der Waals surface area (Å²) in [6.45, 7) is 6.72. The third-order valence-electron chi connectivity index (χ3n) is 17.0. The van der Waals surface area contributed by atoms with Crippen LogP contribution in [0.4, 0.5) is 0 Å². The third kappa shape index (κ3) is 66.9. The third-order valence-corrected chi connectivity index (χ3v) is 17.0. The van der Waals surface area contributed by atoms with Crippen LogP contribution in [0, 0.1) is 0 Å². The van der Waals surface area contributed by atoms with Crippen LogP contribution in [0.3, 0.4) is 0 Å². The van der Waals surface area contributed by atoms with Gasteiger partial charge < -0.3 is 14.2 Å². The average molecular weight is 1130 g/mol. The van der Waals surface area contributed by atoms with Crippen molar-refractivity contribution in [3.05, 3.63) is 12.2 Å². The number of hydrogen-bond acceptors (Lipinski definition) is 6. The van der Waals surface area contributed by atoms with Crippen molar-refractivity contribution in [1.82, 2.24) is 0 Å². The van der Waals surface area contributed by atoms with E-state index in [1.807, 2.05) is 0 Å². The zero-order valence-electron chi connectivity index (χ0n) is 54.6. The van der Waals surface area contributed by atoms with Gasteiger partial charge in [0.05, 0.1) is 0 Å². The molecule has 0 fully saturated rings. The molecule has 0 N–H and O–H groups in total. The largest absolute Gasteiger partial charge is 0.462 e. The minimum Gasteiger partial charge on any atom is -0.462 e. The maximum Gasteiger partial charge on any atom is 0.306 e. The number of hydrogen-bond donors (Lipinski definition) is 0. The number of ether oxygens (including phenoxy) is 3. The Morgan fingerprint density at radius 2 is 0.412 bits per heavy atom. The van der Waals surface area contributed by atoms with Crippen LogP contribution >= 0.6 is 0 Å². The van der Waals surface area contributed by atoms with Crippen molar-refractivity contribution < 1.29 is 28.6 Å². The van der Waals surface area contributed by atoms with Crippen molar-refractivity contribution in [2.24, 2.45) is 0 Å². The van der Waals surface area contributed by atoms with Crippen LogP contribution in [0.25, 0.3) is 0 Å². The highest BCUT2D eigenvalue weighted by molar-refractivity contribution is 5.71. The molecule has 6 heteroatoms. The summed E-state index contributed by atoms with van der Waals surface area (Å²) >= 11 is 0. The van der Waals surface area contributed by atoms with Gasteiger partial charge >= 0.3 is 17.9 Å². The Labute approximate surface area is 501 Å². The van der Waals surface area contributed by atoms with Gasteiger partial charge in [0.2, 0.25) is 0 Å². The lowest BCUT2D eigenvalue weighted by molar-refractivity contribution is -0.167. The lowest BCUT2D eigenvalue weighted by Crippen LogP contribution is -2.30. The number of esters is 3. The molecule has 0 aromatic rings. The van der Waals surface area contributed by atoms with E-state index >= 15 is 0 Å². The van der Waals surface area contributed by atoms with Crippen LogP contribution in [0.2, 0.25) is 0 Å². The molecule has 0 aliphatic carbocycles. The van der Waals surface area contributed by atoms with Gasteiger partial charge in [0.1, 0.15) is 13.2 Å². The van der Waals surface area contributed by atoms with Gasteiger partial charge in [-0.3, -0.25) is 14.4 Å². The van der Waals surface area contributed by atoms with Crippen molar-refractivity contribution in [3.8, 4) is 0 Å². The van der Waals surface area contributed by atoms with Crippen LogP contribution in [0.1, 0.15) is 425 Å². The van der Waals surface area contributed by atoms with E-state index in [9.17, 15) is 14.4 Å². The highest BCUT2D eigenvalue weighted by Crippen LogP contribution is 2.19. The highest BCUT2D eigenvalue weighted by atomic mass is 16.6. The fraction of sp³-hybridized carbons (Fsp3) is 0.932. The number of allylic oxidation sites excluding steroid dienone is 2. The predicted molar refractivity (Wildman–Crippen MR) is 349 cm³/mol. The first-order chi connectivity index (χ1) is 39.5. The lowest BCUT2D eigenvalue weighted by Gasteiger charge is -2.18. The topological polar surface area (TPSA) is 78.9 Å². The summed E-state index contributed by atoms with van der Waals surface area (Å²) in [5, 5.41) is 0. The van der Waals surface area contributed by atoms with E-state index in [0.29, 0.717) is 19.3 Å². The summed E-state index contributed by atoms with van der Waals surface area (Å²) in [4.78, 5) is 38.4. The summed E-state index contributed by atoms with van der Waals surface area (Å²) < 4.78 is 17.0. The van der Waals surface area contributed by atoms with Gasteiger partial charge in [-0.2, -0.15) is 0 Å². The molecule has 1 unspecified atom stereocenters. The molecule has 0 heterocycles. The summed E-state index contributed by atoms with van der Waals surface area (Å²) in [5.74, 6) is -0.838. The molecule has 474 valence electrons. The van der Waals surface area contributed by atoms with E-state index in [-0.39, 0.29) is 31.1 Å². The second-order valence-corrected chi connectivity index (χ2v) is 25.2. The van der Waals surface area contributed by atoms with E-state index in [1.54, 1.807) is 0 Å². The molecule has 0 radical (unpaired) electrons. The molecular weight excluding hydrogens is 985 g/mol. The molecule has 0 rings (SSSR count). The summed E-state index contributed by atoms with van der Waals surface area (Å²) in [7, 11) is 0. The van der Waals surface area contributed by atoms with Gasteiger partial charge in [-0.05, 0) is 44.9 Å². The molecule has 0 bridgehead atoms. The Morgan fingerprint density at radius 3 is 0.637 bits per heavy atom. The van der Waals surface area contributed by atoms with E-state index in [1.165, 1.54) is 321 Å². The van der Waals surface area contributed by atoms with Crippen molar-refractivity contribution >= 4 is 17.9 Å². The number of unbranched alkanes of at least 4 members (excludes halogenated alkanes) is 56. The van der Waals surface area contributed by atoms with Crippen LogP contribution in [-0.2, 0) is 28.6 Å². The SMILES string of the molecule is CCCCCC/C=C\CCCCCCCC(=O)OCC(COC(=O)CCCCCCCCCCCCCCCCCCCCCCCCCCC)OC(=O)CCCCCCCCCCCCCCCCCCCCCCCCCC. The van der Waals surface area contributed by atoms with Gasteiger partial charge in [-0.25, -0.2) is 0 Å². The predicted octanol–water partition coefficient (Wildman–Crippen LogP) is 25.2. The Hall–Kier alpha value is -1.85. The molecule has 0 aliphatic heterocycles. The number of carbonyl (C=O) groups excluding carboxylic acids is 3. The highest BCUT2D eigenvalue weighted by Gasteiger charge is 2.20. The average Bonchev–Trinajstić information content (AvgIpc) is 3.46. The van der Waals surface area contributed by atoms with Crippen LogP contribution < -0.4 is 0 Å². The molecular formula is C74H142O6. The first-order valence-electron chi connectivity index (χ1n) is 36.7. The Morgan fingerprint density at radius 1 is 0.237 bits per heavy atom. The van der Waals surface area contributed by atoms with Crippen LogP contribution in [0.5, 0.6) is 0 Å². The normalized spacial score (nSPS) is 12.0. The van der Waals surface area contributed by atoms with Crippen molar-refractivity contribution in [2.45, 2.75) is 431 Å². The summed E-state index contributed by atoms with van der Waals surface area (Å²) in [6.07, 6.45) is 84.0. The molecule has 0 aliphatic rings. The first-order valence-corrected chi connectivity index (χ1v) is 36.7. The fourth-order valence-electron chi connectivity index (χ4n) is 11.5. The number of rotatable bonds is 69. The number of carbonyl (C=O) groups is 3. The van der Waals surface area contributed by atoms with Gasteiger partial charge in [0, 0.05) is 19.3 Å². The van der Waals surface area contributed by atoms with Crippen molar-refractivity contribution in [2.75, 3.05) is 13.2 Å². The minimum absolute atomic E-state index is 0.0656. The molecule has 0 saturated heterocycles. The Balaban J connectivity index is 4.19. The second kappa shape index (κ2) is 69.6. The standard InChI is InChI=1S/C74H142O6/c1-4-7-10-13-16-19-22-25-27-29-31-33-35-37-39-40-42-44-46-49-52-55-58-61-64-67-73(76)79-70-71(69-78-72(75)66-63-60-57-54-51-48-24-21-18-15-12-9-6-3)80-74(77)68-65-62-59-56-53-50-47-45-43-41-38-36-34-32-30-28-26-23-20-17-14-11-8-5-2/h21,24,71H,4-20,22-23,25-70H2,1-3H3/b24-21-. The molecule has 0 saturated carbocycles. The maximum absolute atomic E-state index is 13.0. The van der Waals surface area contributed by atoms with Gasteiger partial charge in [-0.15, -0.1) is 0 Å². The lowest BCUT2D eigenvalue weighted by atomic mass is 10.0. The maximum atomic E-state index is 13.0. The minimum atomic E-state index is -0.770. The molecule has 0 aromatic carbocycles. The first kappa shape index (κ1) is 78.1. The molecule has 0 aromatic heterocycles. The van der Waals surface area contributed by atoms with Crippen molar-refractivity contribution in [1.29, 1.82) is 0 Å². The van der Waals surface area contributed by atoms with Gasteiger partial charge in [0.15, 0.2) is 6.10 Å². The van der Waals surface area contributed by atoms with Gasteiger partial charge in [-0.1, -0.05) is 373 Å². The van der Waals surface area contributed by atoms with E-state index in [0.717, 1.165) is 64.2 Å². The molecule has 80 heavy (non-hydrogen) atoms. The zero-order valence-corrected chi connectivity index (χ0v) is 54.6. The van der Waals surface area contributed by atoms with E-state index < -0.39 is 6.10 Å². The summed E-state index contributed by atoms with van der Waals surface area (Å²) in [5.41, 5.74) is 0. The smallest absolute Gasteiger partial charge is 0.306 e.